The van der Waals surface area contributed by atoms with Crippen LogP contribution in [0.1, 0.15) is 23.0 Å². The lowest BCUT2D eigenvalue weighted by atomic mass is 10.1. The predicted molar refractivity (Wildman–Crippen MR) is 82.0 cm³/mol. The van der Waals surface area contributed by atoms with Gasteiger partial charge in [0.1, 0.15) is 5.69 Å². The summed E-state index contributed by atoms with van der Waals surface area (Å²) in [4.78, 5) is 11.2. The summed E-state index contributed by atoms with van der Waals surface area (Å²) in [6.07, 6.45) is 8.30. The van der Waals surface area contributed by atoms with Gasteiger partial charge in [-0.1, -0.05) is 49.1 Å². The molecule has 4 heteroatoms. The molecule has 0 spiro atoms. The summed E-state index contributed by atoms with van der Waals surface area (Å²) in [7, 11) is 0. The van der Waals surface area contributed by atoms with E-state index >= 15 is 0 Å². The standard InChI is InChI=1S/C17H15FN2O/c1-3-4-6-9-13(2)16-15(17(18)21)12-20(19-16)14-10-7-5-8-11-14/h3-12H,1H2,2H3/b6-4-,13-9+. The van der Waals surface area contributed by atoms with Crippen molar-refractivity contribution in [3.8, 4) is 5.69 Å². The van der Waals surface area contributed by atoms with Crippen LogP contribution in [-0.2, 0) is 0 Å². The van der Waals surface area contributed by atoms with Gasteiger partial charge < -0.3 is 0 Å². The van der Waals surface area contributed by atoms with Gasteiger partial charge in [-0.05, 0) is 24.6 Å². The Morgan fingerprint density at radius 1 is 1.29 bits per heavy atom. The highest BCUT2D eigenvalue weighted by Gasteiger charge is 2.17. The summed E-state index contributed by atoms with van der Waals surface area (Å²) in [6.45, 7) is 5.35. The Morgan fingerprint density at radius 3 is 2.62 bits per heavy atom. The molecule has 2 rings (SSSR count). The molecule has 0 atom stereocenters. The summed E-state index contributed by atoms with van der Waals surface area (Å²) < 4.78 is 14.7. The van der Waals surface area contributed by atoms with Crippen molar-refractivity contribution in [3.05, 3.63) is 78.7 Å². The first-order chi connectivity index (χ1) is 10.1. The van der Waals surface area contributed by atoms with Crippen LogP contribution < -0.4 is 0 Å². The van der Waals surface area contributed by atoms with Gasteiger partial charge in [0.15, 0.2) is 0 Å². The summed E-state index contributed by atoms with van der Waals surface area (Å²) in [5.41, 5.74) is 1.75. The van der Waals surface area contributed by atoms with E-state index in [1.54, 1.807) is 31.2 Å². The molecule has 0 aliphatic heterocycles. The van der Waals surface area contributed by atoms with Crippen molar-refractivity contribution in [2.75, 3.05) is 0 Å². The second-order valence-corrected chi connectivity index (χ2v) is 4.42. The van der Waals surface area contributed by atoms with Crippen LogP contribution in [0.3, 0.4) is 0 Å². The second-order valence-electron chi connectivity index (χ2n) is 4.42. The Kier molecular flexibility index (Phi) is 4.61. The molecule has 0 saturated heterocycles. The zero-order valence-electron chi connectivity index (χ0n) is 11.7. The Morgan fingerprint density at radius 2 is 2.00 bits per heavy atom. The average Bonchev–Trinajstić information content (AvgIpc) is 2.94. The highest BCUT2D eigenvalue weighted by molar-refractivity contribution is 5.93. The van der Waals surface area contributed by atoms with Crippen molar-refractivity contribution in [1.82, 2.24) is 9.78 Å². The molecule has 21 heavy (non-hydrogen) atoms. The van der Waals surface area contributed by atoms with E-state index in [-0.39, 0.29) is 5.56 Å². The molecule has 3 nitrogen and oxygen atoms in total. The molecule has 0 unspecified atom stereocenters. The van der Waals surface area contributed by atoms with Crippen molar-refractivity contribution in [1.29, 1.82) is 0 Å². The second kappa shape index (κ2) is 6.61. The molecule has 106 valence electrons. The number of carbonyl (C=O) groups is 1. The number of rotatable bonds is 5. The van der Waals surface area contributed by atoms with Gasteiger partial charge in [0.25, 0.3) is 0 Å². The Hall–Kier alpha value is -2.75. The van der Waals surface area contributed by atoms with E-state index < -0.39 is 6.04 Å². The number of hydrogen-bond donors (Lipinski definition) is 0. The smallest absolute Gasteiger partial charge is 0.255 e. The third-order valence-electron chi connectivity index (χ3n) is 2.91. The molecular weight excluding hydrogens is 267 g/mol. The van der Waals surface area contributed by atoms with E-state index in [1.165, 1.54) is 10.9 Å². The lowest BCUT2D eigenvalue weighted by molar-refractivity contribution is 0.0835. The molecule has 2 aromatic rings. The summed E-state index contributed by atoms with van der Waals surface area (Å²) in [6, 6.07) is 7.75. The highest BCUT2D eigenvalue weighted by Crippen LogP contribution is 2.20. The van der Waals surface area contributed by atoms with Gasteiger partial charge in [0.2, 0.25) is 0 Å². The van der Waals surface area contributed by atoms with Gasteiger partial charge in [-0.15, -0.1) is 0 Å². The Labute approximate surface area is 122 Å². The summed E-state index contributed by atoms with van der Waals surface area (Å²) in [5, 5.41) is 4.31. The van der Waals surface area contributed by atoms with Crippen LogP contribution in [0.2, 0.25) is 0 Å². The van der Waals surface area contributed by atoms with E-state index in [4.69, 9.17) is 0 Å². The first kappa shape index (κ1) is 14.7. The number of carbonyl (C=O) groups excluding carboxylic acids is 1. The van der Waals surface area contributed by atoms with Crippen molar-refractivity contribution in [2.24, 2.45) is 0 Å². The van der Waals surface area contributed by atoms with E-state index in [0.717, 1.165) is 5.69 Å². The Balaban J connectivity index is 2.48. The van der Waals surface area contributed by atoms with Crippen LogP contribution in [0.15, 0.2) is 67.4 Å². The molecule has 1 aromatic carbocycles. The zero-order chi connectivity index (χ0) is 15.2. The first-order valence-corrected chi connectivity index (χ1v) is 6.44. The van der Waals surface area contributed by atoms with Gasteiger partial charge >= 0.3 is 6.04 Å². The molecule has 0 radical (unpaired) electrons. The van der Waals surface area contributed by atoms with E-state index in [0.29, 0.717) is 11.3 Å². The fourth-order valence-corrected chi connectivity index (χ4v) is 1.88. The minimum atomic E-state index is -1.49. The molecule has 1 aromatic heterocycles. The van der Waals surface area contributed by atoms with Crippen molar-refractivity contribution < 1.29 is 9.18 Å². The number of nitrogens with zero attached hydrogens (tertiary/aromatic N) is 2. The van der Waals surface area contributed by atoms with Crippen molar-refractivity contribution in [2.45, 2.75) is 6.92 Å². The summed E-state index contributed by atoms with van der Waals surface area (Å²) in [5.74, 6) is 0. The number of aromatic nitrogens is 2. The van der Waals surface area contributed by atoms with E-state index in [9.17, 15) is 9.18 Å². The number of halogens is 1. The third-order valence-corrected chi connectivity index (χ3v) is 2.91. The van der Waals surface area contributed by atoms with Crippen LogP contribution >= 0.6 is 0 Å². The summed E-state index contributed by atoms with van der Waals surface area (Å²) >= 11 is 0. The zero-order valence-corrected chi connectivity index (χ0v) is 11.7. The fraction of sp³-hybridized carbons (Fsp3) is 0.0588. The molecular formula is C17H15FN2O. The lowest BCUT2D eigenvalue weighted by Gasteiger charge is -1.99. The lowest BCUT2D eigenvalue weighted by Crippen LogP contribution is -1.95. The quantitative estimate of drug-likeness (QED) is 0.610. The molecule has 0 aliphatic carbocycles. The van der Waals surface area contributed by atoms with E-state index in [1.807, 2.05) is 30.3 Å². The van der Waals surface area contributed by atoms with Gasteiger partial charge in [0.05, 0.1) is 11.3 Å². The molecule has 0 aliphatic rings. The van der Waals surface area contributed by atoms with Crippen LogP contribution in [0, 0.1) is 0 Å². The monoisotopic (exact) mass is 282 g/mol. The minimum absolute atomic E-state index is 0.0420. The van der Waals surface area contributed by atoms with E-state index in [2.05, 4.69) is 11.7 Å². The Bertz CT molecular complexity index is 712. The fourth-order valence-electron chi connectivity index (χ4n) is 1.88. The molecule has 0 saturated carbocycles. The maximum atomic E-state index is 13.2. The van der Waals surface area contributed by atoms with Gasteiger partial charge in [-0.25, -0.2) is 4.68 Å². The molecule has 0 amide bonds. The highest BCUT2D eigenvalue weighted by atomic mass is 19.1. The number of hydrogen-bond acceptors (Lipinski definition) is 2. The normalized spacial score (nSPS) is 11.8. The van der Waals surface area contributed by atoms with Crippen LogP contribution in [0.4, 0.5) is 4.39 Å². The minimum Gasteiger partial charge on any atom is -0.255 e. The topological polar surface area (TPSA) is 34.9 Å². The van der Waals surface area contributed by atoms with Gasteiger partial charge in [0, 0.05) is 6.20 Å². The van der Waals surface area contributed by atoms with Gasteiger partial charge in [-0.2, -0.15) is 9.49 Å². The third kappa shape index (κ3) is 3.42. The molecule has 0 N–H and O–H groups in total. The first-order valence-electron chi connectivity index (χ1n) is 6.44. The molecule has 0 bridgehead atoms. The van der Waals surface area contributed by atoms with Crippen molar-refractivity contribution >= 4 is 11.6 Å². The van der Waals surface area contributed by atoms with Crippen LogP contribution in [0.5, 0.6) is 0 Å². The van der Waals surface area contributed by atoms with Crippen LogP contribution in [0.25, 0.3) is 11.3 Å². The average molecular weight is 282 g/mol. The van der Waals surface area contributed by atoms with Crippen LogP contribution in [-0.4, -0.2) is 15.8 Å². The largest absolute Gasteiger partial charge is 0.335 e. The number of allylic oxidation sites excluding steroid dienone is 5. The molecule has 1 heterocycles. The number of benzene rings is 1. The SMILES string of the molecule is C=C/C=C\C=C(/C)c1nn(-c2ccccc2)cc1C(=O)F. The number of para-hydroxylation sites is 1. The molecule has 0 fully saturated rings. The predicted octanol–water partition coefficient (Wildman–Crippen LogP) is 4.13. The van der Waals surface area contributed by atoms with Gasteiger partial charge in [-0.3, -0.25) is 4.79 Å². The maximum absolute atomic E-state index is 13.2. The van der Waals surface area contributed by atoms with Crippen molar-refractivity contribution in [3.63, 3.8) is 0 Å². The maximum Gasteiger partial charge on any atom is 0.335 e.